The first kappa shape index (κ1) is 13.3. The Kier molecular flexibility index (Phi) is 4.34. The van der Waals surface area contributed by atoms with Crippen molar-refractivity contribution < 1.29 is 4.74 Å². The second-order valence-corrected chi connectivity index (χ2v) is 4.57. The summed E-state index contributed by atoms with van der Waals surface area (Å²) in [6.45, 7) is 7.23. The van der Waals surface area contributed by atoms with Crippen LogP contribution in [-0.2, 0) is 0 Å². The monoisotopic (exact) mass is 257 g/mol. The van der Waals surface area contributed by atoms with Gasteiger partial charge in [0.05, 0.1) is 6.54 Å². The molecule has 0 saturated carbocycles. The Morgan fingerprint density at radius 3 is 2.47 bits per heavy atom. The molecule has 4 nitrogen and oxygen atoms in total. The summed E-state index contributed by atoms with van der Waals surface area (Å²) in [7, 11) is 0. The molecule has 0 spiro atoms. The Labute approximate surface area is 113 Å². The maximum atomic E-state index is 5.65. The van der Waals surface area contributed by atoms with Gasteiger partial charge in [0, 0.05) is 11.4 Å². The van der Waals surface area contributed by atoms with Crippen LogP contribution in [0.4, 0.5) is 5.95 Å². The third-order valence-corrected chi connectivity index (χ3v) is 2.63. The molecule has 4 heteroatoms. The minimum atomic E-state index is 0.583. The van der Waals surface area contributed by atoms with E-state index in [2.05, 4.69) is 28.3 Å². The van der Waals surface area contributed by atoms with Gasteiger partial charge in [-0.15, -0.1) is 0 Å². The van der Waals surface area contributed by atoms with E-state index in [1.54, 1.807) is 0 Å². The average Bonchev–Trinajstić information content (AvgIpc) is 2.34. The molecule has 0 aliphatic carbocycles. The van der Waals surface area contributed by atoms with Crippen LogP contribution < -0.4 is 10.1 Å². The van der Waals surface area contributed by atoms with Gasteiger partial charge in [-0.1, -0.05) is 12.1 Å². The summed E-state index contributed by atoms with van der Waals surface area (Å²) < 4.78 is 5.65. The molecule has 1 aromatic heterocycles. The third kappa shape index (κ3) is 4.25. The predicted molar refractivity (Wildman–Crippen MR) is 76.7 cm³/mol. The molecule has 0 saturated heterocycles. The molecule has 100 valence electrons. The number of anilines is 1. The molecule has 0 fully saturated rings. The van der Waals surface area contributed by atoms with Crippen molar-refractivity contribution in [3.63, 3.8) is 0 Å². The van der Waals surface area contributed by atoms with Crippen molar-refractivity contribution in [1.82, 2.24) is 9.97 Å². The summed E-state index contributed by atoms with van der Waals surface area (Å²) in [5.74, 6) is 1.55. The molecule has 1 heterocycles. The van der Waals surface area contributed by atoms with Gasteiger partial charge < -0.3 is 10.1 Å². The highest BCUT2D eigenvalue weighted by Gasteiger charge is 1.99. The van der Waals surface area contributed by atoms with Crippen molar-refractivity contribution in [2.75, 3.05) is 18.5 Å². The number of hydrogen-bond donors (Lipinski definition) is 1. The van der Waals surface area contributed by atoms with E-state index in [1.807, 2.05) is 38.1 Å². The first-order valence-corrected chi connectivity index (χ1v) is 6.39. The molecule has 0 aliphatic rings. The van der Waals surface area contributed by atoms with Gasteiger partial charge in [0.25, 0.3) is 0 Å². The van der Waals surface area contributed by atoms with Gasteiger partial charge in [-0.05, 0) is 44.5 Å². The second-order valence-electron chi connectivity index (χ2n) is 4.57. The van der Waals surface area contributed by atoms with E-state index in [-0.39, 0.29) is 0 Å². The Morgan fingerprint density at radius 1 is 1.05 bits per heavy atom. The molecule has 0 amide bonds. The van der Waals surface area contributed by atoms with Crippen LogP contribution in [0.3, 0.4) is 0 Å². The Hall–Kier alpha value is -2.10. The maximum Gasteiger partial charge on any atom is 0.223 e. The Balaban J connectivity index is 1.80. The van der Waals surface area contributed by atoms with E-state index in [0.717, 1.165) is 17.1 Å². The number of benzene rings is 1. The molecule has 0 aliphatic heterocycles. The number of aromatic nitrogens is 2. The van der Waals surface area contributed by atoms with Gasteiger partial charge >= 0.3 is 0 Å². The fourth-order valence-corrected chi connectivity index (χ4v) is 1.84. The zero-order valence-electron chi connectivity index (χ0n) is 11.6. The van der Waals surface area contributed by atoms with E-state index < -0.39 is 0 Å². The van der Waals surface area contributed by atoms with E-state index >= 15 is 0 Å². The molecule has 0 unspecified atom stereocenters. The van der Waals surface area contributed by atoms with Crippen LogP contribution in [0.5, 0.6) is 5.75 Å². The van der Waals surface area contributed by atoms with Crippen molar-refractivity contribution in [2.24, 2.45) is 0 Å². The fraction of sp³-hybridized carbons (Fsp3) is 0.333. The smallest absolute Gasteiger partial charge is 0.223 e. The molecular formula is C15H19N3O. The number of nitrogens with zero attached hydrogens (tertiary/aromatic N) is 2. The van der Waals surface area contributed by atoms with Gasteiger partial charge in [0.1, 0.15) is 12.4 Å². The van der Waals surface area contributed by atoms with Crippen LogP contribution in [0.25, 0.3) is 0 Å². The topological polar surface area (TPSA) is 47.0 Å². The number of ether oxygens (including phenoxy) is 1. The van der Waals surface area contributed by atoms with Crippen LogP contribution >= 0.6 is 0 Å². The zero-order chi connectivity index (χ0) is 13.7. The third-order valence-electron chi connectivity index (χ3n) is 2.63. The van der Waals surface area contributed by atoms with E-state index in [4.69, 9.17) is 4.74 Å². The molecular weight excluding hydrogens is 238 g/mol. The summed E-state index contributed by atoms with van der Waals surface area (Å²) in [6, 6.07) is 9.97. The molecule has 1 aromatic carbocycles. The predicted octanol–water partition coefficient (Wildman–Crippen LogP) is 2.89. The van der Waals surface area contributed by atoms with Crippen molar-refractivity contribution in [1.29, 1.82) is 0 Å². The summed E-state index contributed by atoms with van der Waals surface area (Å²) in [5.41, 5.74) is 3.13. The summed E-state index contributed by atoms with van der Waals surface area (Å²) in [6.07, 6.45) is 0. The van der Waals surface area contributed by atoms with Gasteiger partial charge in [-0.2, -0.15) is 0 Å². The lowest BCUT2D eigenvalue weighted by molar-refractivity contribution is 0.332. The molecule has 2 rings (SSSR count). The molecule has 2 aromatic rings. The van der Waals surface area contributed by atoms with Gasteiger partial charge in [0.15, 0.2) is 0 Å². The lowest BCUT2D eigenvalue weighted by Crippen LogP contribution is -2.14. The summed E-state index contributed by atoms with van der Waals surface area (Å²) >= 11 is 0. The highest BCUT2D eigenvalue weighted by molar-refractivity contribution is 5.29. The van der Waals surface area contributed by atoms with Crippen molar-refractivity contribution in [2.45, 2.75) is 20.8 Å². The molecule has 19 heavy (non-hydrogen) atoms. The minimum absolute atomic E-state index is 0.583. The normalized spacial score (nSPS) is 10.3. The number of nitrogens with one attached hydrogen (secondary N) is 1. The van der Waals surface area contributed by atoms with E-state index in [9.17, 15) is 0 Å². The van der Waals surface area contributed by atoms with Gasteiger partial charge in [0.2, 0.25) is 5.95 Å². The molecule has 0 bridgehead atoms. The lowest BCUT2D eigenvalue weighted by atomic mass is 10.2. The maximum absolute atomic E-state index is 5.65. The quantitative estimate of drug-likeness (QED) is 0.837. The highest BCUT2D eigenvalue weighted by atomic mass is 16.5. The van der Waals surface area contributed by atoms with Crippen LogP contribution in [0.15, 0.2) is 30.3 Å². The molecule has 0 radical (unpaired) electrons. The van der Waals surface area contributed by atoms with Crippen LogP contribution in [0.1, 0.15) is 17.0 Å². The molecule has 1 N–H and O–H groups in total. The number of aryl methyl sites for hydroxylation is 3. The lowest BCUT2D eigenvalue weighted by Gasteiger charge is -2.09. The molecule has 0 atom stereocenters. The van der Waals surface area contributed by atoms with Crippen LogP contribution in [0, 0.1) is 20.8 Å². The summed E-state index contributed by atoms with van der Waals surface area (Å²) in [4.78, 5) is 8.63. The van der Waals surface area contributed by atoms with Gasteiger partial charge in [-0.3, -0.25) is 0 Å². The van der Waals surface area contributed by atoms with E-state index in [1.165, 1.54) is 5.56 Å². The summed E-state index contributed by atoms with van der Waals surface area (Å²) in [5, 5.41) is 3.16. The first-order chi connectivity index (χ1) is 9.13. The average molecular weight is 257 g/mol. The first-order valence-electron chi connectivity index (χ1n) is 6.39. The van der Waals surface area contributed by atoms with Crippen molar-refractivity contribution in [3.8, 4) is 5.75 Å². The second kappa shape index (κ2) is 6.18. The van der Waals surface area contributed by atoms with Gasteiger partial charge in [-0.25, -0.2) is 9.97 Å². The zero-order valence-corrected chi connectivity index (χ0v) is 11.6. The Morgan fingerprint density at radius 2 is 1.79 bits per heavy atom. The van der Waals surface area contributed by atoms with E-state index in [0.29, 0.717) is 19.1 Å². The standard InChI is InChI=1S/C15H19N3O/c1-11-5-4-6-14(9-11)19-8-7-16-15-17-12(2)10-13(3)18-15/h4-6,9-10H,7-8H2,1-3H3,(H,16,17,18). The highest BCUT2D eigenvalue weighted by Crippen LogP contribution is 2.12. The minimum Gasteiger partial charge on any atom is -0.492 e. The largest absolute Gasteiger partial charge is 0.492 e. The fourth-order valence-electron chi connectivity index (χ4n) is 1.84. The number of rotatable bonds is 5. The Bertz CT molecular complexity index is 535. The number of hydrogen-bond acceptors (Lipinski definition) is 4. The SMILES string of the molecule is Cc1cccc(OCCNc2nc(C)cc(C)n2)c1. The van der Waals surface area contributed by atoms with Crippen LogP contribution in [-0.4, -0.2) is 23.1 Å². The van der Waals surface area contributed by atoms with Crippen molar-refractivity contribution >= 4 is 5.95 Å². The van der Waals surface area contributed by atoms with Crippen LogP contribution in [0.2, 0.25) is 0 Å². The van der Waals surface area contributed by atoms with Crippen molar-refractivity contribution in [3.05, 3.63) is 47.3 Å².